The van der Waals surface area contributed by atoms with E-state index >= 15 is 0 Å². The highest BCUT2D eigenvalue weighted by atomic mass is 16.5. The predicted molar refractivity (Wildman–Crippen MR) is 77.0 cm³/mol. The zero-order chi connectivity index (χ0) is 13.7. The number of ether oxygens (including phenoxy) is 2. The van der Waals surface area contributed by atoms with E-state index < -0.39 is 0 Å². The third-order valence-corrected chi connectivity index (χ3v) is 2.96. The molecule has 0 aromatic heterocycles. The Morgan fingerprint density at radius 1 is 1.00 bits per heavy atom. The fourth-order valence-electron chi connectivity index (χ4n) is 1.92. The van der Waals surface area contributed by atoms with Gasteiger partial charge in [-0.25, -0.2) is 0 Å². The van der Waals surface area contributed by atoms with E-state index in [4.69, 9.17) is 15.2 Å². The number of methoxy groups -OCH3 is 1. The average molecular weight is 257 g/mol. The molecule has 0 heterocycles. The lowest BCUT2D eigenvalue weighted by Crippen LogP contribution is -2.02. The molecule has 19 heavy (non-hydrogen) atoms. The minimum atomic E-state index is 0.665. The summed E-state index contributed by atoms with van der Waals surface area (Å²) in [4.78, 5) is 0. The number of aryl methyl sites for hydroxylation is 1. The van der Waals surface area contributed by atoms with Crippen LogP contribution < -0.4 is 15.2 Å². The summed E-state index contributed by atoms with van der Waals surface area (Å²) in [6.07, 6.45) is 0.893. The predicted octanol–water partition coefficient (Wildman–Crippen LogP) is 3.30. The minimum absolute atomic E-state index is 0.665. The second-order valence-electron chi connectivity index (χ2n) is 4.42. The zero-order valence-corrected chi connectivity index (χ0v) is 11.3. The van der Waals surface area contributed by atoms with Gasteiger partial charge in [-0.2, -0.15) is 0 Å². The summed E-state index contributed by atoms with van der Waals surface area (Å²) in [5.74, 6) is 2.49. The first-order valence-corrected chi connectivity index (χ1v) is 6.34. The van der Waals surface area contributed by atoms with Gasteiger partial charge in [0.1, 0.15) is 17.2 Å². The van der Waals surface area contributed by atoms with Crippen molar-refractivity contribution in [2.24, 2.45) is 5.73 Å². The maximum atomic E-state index is 5.85. The van der Waals surface area contributed by atoms with Crippen LogP contribution in [0.1, 0.15) is 11.1 Å². The van der Waals surface area contributed by atoms with E-state index in [1.807, 2.05) is 37.3 Å². The van der Waals surface area contributed by atoms with Crippen LogP contribution in [0.3, 0.4) is 0 Å². The molecule has 3 heteroatoms. The van der Waals surface area contributed by atoms with Crippen molar-refractivity contribution < 1.29 is 9.47 Å². The summed E-state index contributed by atoms with van der Waals surface area (Å²) < 4.78 is 11.0. The van der Waals surface area contributed by atoms with Gasteiger partial charge >= 0.3 is 0 Å². The summed E-state index contributed by atoms with van der Waals surface area (Å²) in [5, 5.41) is 0. The van der Waals surface area contributed by atoms with Crippen LogP contribution in [0.2, 0.25) is 0 Å². The summed E-state index contributed by atoms with van der Waals surface area (Å²) in [5.41, 5.74) is 7.91. The number of nitrogens with two attached hydrogens (primary N) is 1. The van der Waals surface area contributed by atoms with Gasteiger partial charge in [0.15, 0.2) is 0 Å². The smallest absolute Gasteiger partial charge is 0.130 e. The first kappa shape index (κ1) is 13.4. The van der Waals surface area contributed by atoms with E-state index in [-0.39, 0.29) is 0 Å². The lowest BCUT2D eigenvalue weighted by Gasteiger charge is -2.10. The molecule has 2 aromatic carbocycles. The maximum Gasteiger partial charge on any atom is 0.130 e. The monoisotopic (exact) mass is 257 g/mol. The normalized spacial score (nSPS) is 10.3. The summed E-state index contributed by atoms with van der Waals surface area (Å²) in [6.45, 7) is 2.71. The number of benzene rings is 2. The van der Waals surface area contributed by atoms with E-state index in [1.165, 1.54) is 5.56 Å². The molecule has 0 aliphatic heterocycles. The van der Waals surface area contributed by atoms with Crippen LogP contribution in [0.15, 0.2) is 42.5 Å². The molecule has 0 aliphatic rings. The van der Waals surface area contributed by atoms with Crippen LogP contribution in [0.5, 0.6) is 17.2 Å². The van der Waals surface area contributed by atoms with Gasteiger partial charge < -0.3 is 15.2 Å². The third-order valence-electron chi connectivity index (χ3n) is 2.96. The molecule has 2 aromatic rings. The van der Waals surface area contributed by atoms with E-state index in [2.05, 4.69) is 12.1 Å². The Balaban J connectivity index is 2.13. The van der Waals surface area contributed by atoms with E-state index in [0.29, 0.717) is 6.54 Å². The van der Waals surface area contributed by atoms with Gasteiger partial charge in [0.05, 0.1) is 7.11 Å². The Labute approximate surface area is 114 Å². The Bertz CT molecular complexity index is 535. The topological polar surface area (TPSA) is 44.5 Å². The van der Waals surface area contributed by atoms with Crippen molar-refractivity contribution in [3.8, 4) is 17.2 Å². The van der Waals surface area contributed by atoms with Gasteiger partial charge in [0.25, 0.3) is 0 Å². The van der Waals surface area contributed by atoms with Crippen molar-refractivity contribution >= 4 is 0 Å². The molecule has 0 radical (unpaired) electrons. The Hall–Kier alpha value is -2.00. The fourth-order valence-corrected chi connectivity index (χ4v) is 1.92. The Kier molecular flexibility index (Phi) is 4.42. The second-order valence-corrected chi connectivity index (χ2v) is 4.42. The van der Waals surface area contributed by atoms with Gasteiger partial charge in [-0.1, -0.05) is 12.1 Å². The summed E-state index contributed by atoms with van der Waals surface area (Å²) in [7, 11) is 1.65. The third kappa shape index (κ3) is 3.48. The molecule has 0 atom stereocenters. The summed E-state index contributed by atoms with van der Waals surface area (Å²) >= 11 is 0. The molecule has 0 fully saturated rings. The molecule has 3 nitrogen and oxygen atoms in total. The lowest BCUT2D eigenvalue weighted by atomic mass is 10.1. The lowest BCUT2D eigenvalue weighted by molar-refractivity contribution is 0.412. The minimum Gasteiger partial charge on any atom is -0.497 e. The molecular weight excluding hydrogens is 238 g/mol. The highest BCUT2D eigenvalue weighted by molar-refractivity contribution is 5.41. The highest BCUT2D eigenvalue weighted by Crippen LogP contribution is 2.27. The van der Waals surface area contributed by atoms with Gasteiger partial charge in [-0.05, 0) is 61.3 Å². The first-order valence-electron chi connectivity index (χ1n) is 6.34. The summed E-state index contributed by atoms with van der Waals surface area (Å²) in [6, 6.07) is 13.7. The van der Waals surface area contributed by atoms with Crippen molar-refractivity contribution in [3.63, 3.8) is 0 Å². The van der Waals surface area contributed by atoms with Gasteiger partial charge in [-0.15, -0.1) is 0 Å². The van der Waals surface area contributed by atoms with Gasteiger partial charge in [-0.3, -0.25) is 0 Å². The van der Waals surface area contributed by atoms with Crippen LogP contribution >= 0.6 is 0 Å². The molecule has 100 valence electrons. The standard InChI is InChI=1S/C16H19NO2/c1-12-11-13(9-10-17)3-8-16(12)19-15-6-4-14(18-2)5-7-15/h3-8,11H,9-10,17H2,1-2H3. The highest BCUT2D eigenvalue weighted by Gasteiger charge is 2.03. The molecular formula is C16H19NO2. The molecule has 2 rings (SSSR count). The molecule has 0 spiro atoms. The SMILES string of the molecule is COc1ccc(Oc2ccc(CCN)cc2C)cc1. The second kappa shape index (κ2) is 6.25. The first-order chi connectivity index (χ1) is 9.22. The van der Waals surface area contributed by atoms with E-state index in [1.54, 1.807) is 7.11 Å². The number of hydrogen-bond donors (Lipinski definition) is 1. The van der Waals surface area contributed by atoms with Crippen LogP contribution in [0.25, 0.3) is 0 Å². The zero-order valence-electron chi connectivity index (χ0n) is 11.3. The van der Waals surface area contributed by atoms with Crippen molar-refractivity contribution in [2.45, 2.75) is 13.3 Å². The molecule has 0 saturated heterocycles. The molecule has 2 N–H and O–H groups in total. The van der Waals surface area contributed by atoms with Crippen LogP contribution in [-0.2, 0) is 6.42 Å². The average Bonchev–Trinajstić information content (AvgIpc) is 2.43. The van der Waals surface area contributed by atoms with E-state index in [9.17, 15) is 0 Å². The van der Waals surface area contributed by atoms with Gasteiger partial charge in [0.2, 0.25) is 0 Å². The molecule has 0 unspecified atom stereocenters. The van der Waals surface area contributed by atoms with Crippen molar-refractivity contribution in [1.82, 2.24) is 0 Å². The molecule has 0 saturated carbocycles. The van der Waals surface area contributed by atoms with Gasteiger partial charge in [0, 0.05) is 0 Å². The van der Waals surface area contributed by atoms with E-state index in [0.717, 1.165) is 29.2 Å². The van der Waals surface area contributed by atoms with Crippen molar-refractivity contribution in [1.29, 1.82) is 0 Å². The van der Waals surface area contributed by atoms with Crippen LogP contribution in [0, 0.1) is 6.92 Å². The molecule has 0 bridgehead atoms. The largest absolute Gasteiger partial charge is 0.497 e. The number of rotatable bonds is 5. The Morgan fingerprint density at radius 2 is 1.68 bits per heavy atom. The Morgan fingerprint density at radius 3 is 2.26 bits per heavy atom. The molecule has 0 aliphatic carbocycles. The maximum absolute atomic E-state index is 5.85. The number of hydrogen-bond acceptors (Lipinski definition) is 3. The van der Waals surface area contributed by atoms with Crippen LogP contribution in [-0.4, -0.2) is 13.7 Å². The van der Waals surface area contributed by atoms with Crippen molar-refractivity contribution in [3.05, 3.63) is 53.6 Å². The molecule has 0 amide bonds. The van der Waals surface area contributed by atoms with Crippen LogP contribution in [0.4, 0.5) is 0 Å². The fraction of sp³-hybridized carbons (Fsp3) is 0.250. The quantitative estimate of drug-likeness (QED) is 0.893. The van der Waals surface area contributed by atoms with Crippen molar-refractivity contribution in [2.75, 3.05) is 13.7 Å².